The van der Waals surface area contributed by atoms with Gasteiger partial charge in [-0.25, -0.2) is 4.98 Å². The number of fused-ring (bicyclic) bond motifs is 1. The average molecular weight is 193 g/mol. The van der Waals surface area contributed by atoms with Crippen molar-refractivity contribution in [1.29, 1.82) is 0 Å². The molecule has 0 amide bonds. The Hall–Kier alpha value is -0.890. The minimum atomic E-state index is 1.16. The lowest BCUT2D eigenvalue weighted by Crippen LogP contribution is -1.80. The number of nitrogens with zero attached hydrogens (tertiary/aromatic N) is 1. The zero-order valence-corrected chi connectivity index (χ0v) is 9.40. The van der Waals surface area contributed by atoms with E-state index in [4.69, 9.17) is 0 Å². The van der Waals surface area contributed by atoms with Crippen LogP contribution in [0.3, 0.4) is 0 Å². The second-order valence-electron chi connectivity index (χ2n) is 2.71. The van der Waals surface area contributed by atoms with Gasteiger partial charge in [0, 0.05) is 0 Å². The molecule has 0 saturated heterocycles. The third kappa shape index (κ3) is 1.89. The van der Waals surface area contributed by atoms with Crippen LogP contribution in [-0.4, -0.2) is 4.98 Å². The fraction of sp³-hybridized carbons (Fsp3) is 0.364. The SMILES string of the molecule is CC.Cc1ccc2scnc2c1C. The van der Waals surface area contributed by atoms with E-state index in [0.29, 0.717) is 0 Å². The number of benzene rings is 1. The molecule has 1 nitrogen and oxygen atoms in total. The van der Waals surface area contributed by atoms with E-state index in [0.717, 1.165) is 5.52 Å². The zero-order chi connectivity index (χ0) is 9.84. The summed E-state index contributed by atoms with van der Waals surface area (Å²) < 4.78 is 1.29. The molecule has 2 aromatic rings. The number of aryl methyl sites for hydroxylation is 2. The molecule has 0 N–H and O–H groups in total. The Morgan fingerprint density at radius 2 is 1.85 bits per heavy atom. The summed E-state index contributed by atoms with van der Waals surface area (Å²) in [5.74, 6) is 0. The van der Waals surface area contributed by atoms with E-state index in [-0.39, 0.29) is 0 Å². The maximum absolute atomic E-state index is 4.30. The number of hydrogen-bond acceptors (Lipinski definition) is 2. The van der Waals surface area contributed by atoms with Gasteiger partial charge >= 0.3 is 0 Å². The van der Waals surface area contributed by atoms with E-state index in [1.54, 1.807) is 11.3 Å². The van der Waals surface area contributed by atoms with Crippen molar-refractivity contribution in [2.24, 2.45) is 0 Å². The molecule has 0 aliphatic rings. The molecule has 0 aliphatic carbocycles. The molecule has 1 aromatic heterocycles. The van der Waals surface area contributed by atoms with Crippen molar-refractivity contribution in [1.82, 2.24) is 4.98 Å². The second kappa shape index (κ2) is 4.38. The summed E-state index contributed by atoms with van der Waals surface area (Å²) in [6, 6.07) is 4.28. The van der Waals surface area contributed by atoms with E-state index in [2.05, 4.69) is 31.0 Å². The Balaban J connectivity index is 0.000000396. The lowest BCUT2D eigenvalue weighted by atomic mass is 10.1. The Morgan fingerprint density at radius 3 is 2.54 bits per heavy atom. The van der Waals surface area contributed by atoms with E-state index in [1.807, 2.05) is 19.4 Å². The van der Waals surface area contributed by atoms with Gasteiger partial charge < -0.3 is 0 Å². The number of rotatable bonds is 0. The van der Waals surface area contributed by atoms with Crippen LogP contribution in [0.1, 0.15) is 25.0 Å². The second-order valence-corrected chi connectivity index (χ2v) is 3.59. The Labute approximate surface area is 83.4 Å². The molecule has 13 heavy (non-hydrogen) atoms. The summed E-state index contributed by atoms with van der Waals surface area (Å²) in [5, 5.41) is 0. The Bertz CT molecular complexity index is 390. The fourth-order valence-electron chi connectivity index (χ4n) is 1.17. The van der Waals surface area contributed by atoms with Gasteiger partial charge in [-0.05, 0) is 31.0 Å². The molecule has 2 rings (SSSR count). The Kier molecular flexibility index (Phi) is 3.43. The van der Waals surface area contributed by atoms with Crippen LogP contribution in [0.5, 0.6) is 0 Å². The maximum atomic E-state index is 4.30. The standard InChI is InChI=1S/C9H9NS.C2H6/c1-6-3-4-8-9(7(6)2)10-5-11-8;1-2/h3-5H,1-2H3;1-2H3. The first kappa shape index (κ1) is 10.2. The molecule has 0 saturated carbocycles. The normalized spacial score (nSPS) is 9.54. The smallest absolute Gasteiger partial charge is 0.0843 e. The number of hydrogen-bond donors (Lipinski definition) is 0. The molecule has 1 aromatic carbocycles. The minimum Gasteiger partial charge on any atom is -0.244 e. The van der Waals surface area contributed by atoms with Gasteiger partial charge in [-0.15, -0.1) is 11.3 Å². The van der Waals surface area contributed by atoms with Gasteiger partial charge in [0.2, 0.25) is 0 Å². The monoisotopic (exact) mass is 193 g/mol. The van der Waals surface area contributed by atoms with Crippen molar-refractivity contribution in [3.05, 3.63) is 28.8 Å². The first-order chi connectivity index (χ1) is 6.29. The molecular weight excluding hydrogens is 178 g/mol. The van der Waals surface area contributed by atoms with Crippen molar-refractivity contribution in [2.45, 2.75) is 27.7 Å². The van der Waals surface area contributed by atoms with Gasteiger partial charge in [0.1, 0.15) is 0 Å². The van der Waals surface area contributed by atoms with Gasteiger partial charge in [-0.2, -0.15) is 0 Å². The zero-order valence-electron chi connectivity index (χ0n) is 8.59. The van der Waals surface area contributed by atoms with Crippen LogP contribution in [-0.2, 0) is 0 Å². The van der Waals surface area contributed by atoms with Gasteiger partial charge in [-0.1, -0.05) is 19.9 Å². The highest BCUT2D eigenvalue weighted by Crippen LogP contribution is 2.22. The average Bonchev–Trinajstić information content (AvgIpc) is 2.63. The van der Waals surface area contributed by atoms with Crippen LogP contribution in [0, 0.1) is 13.8 Å². The predicted octanol–water partition coefficient (Wildman–Crippen LogP) is 3.94. The summed E-state index contributed by atoms with van der Waals surface area (Å²) in [5.41, 5.74) is 5.69. The van der Waals surface area contributed by atoms with Crippen LogP contribution < -0.4 is 0 Å². The third-order valence-electron chi connectivity index (χ3n) is 2.03. The molecule has 0 unspecified atom stereocenters. The van der Waals surface area contributed by atoms with E-state index >= 15 is 0 Å². The van der Waals surface area contributed by atoms with Crippen molar-refractivity contribution in [2.75, 3.05) is 0 Å². The molecular formula is C11H15NS. The summed E-state index contributed by atoms with van der Waals surface area (Å²) in [6.45, 7) is 8.24. The molecule has 2 heteroatoms. The van der Waals surface area contributed by atoms with Crippen LogP contribution in [0.25, 0.3) is 10.2 Å². The molecule has 0 bridgehead atoms. The summed E-state index contributed by atoms with van der Waals surface area (Å²) in [4.78, 5) is 4.30. The number of aromatic nitrogens is 1. The topological polar surface area (TPSA) is 12.9 Å². The van der Waals surface area contributed by atoms with Crippen molar-refractivity contribution in [3.8, 4) is 0 Å². The van der Waals surface area contributed by atoms with Crippen LogP contribution >= 0.6 is 11.3 Å². The first-order valence-electron chi connectivity index (χ1n) is 4.58. The summed E-state index contributed by atoms with van der Waals surface area (Å²) in [6.07, 6.45) is 0. The van der Waals surface area contributed by atoms with Gasteiger partial charge in [-0.3, -0.25) is 0 Å². The Morgan fingerprint density at radius 1 is 1.15 bits per heavy atom. The van der Waals surface area contributed by atoms with E-state index in [9.17, 15) is 0 Å². The summed E-state index contributed by atoms with van der Waals surface area (Å²) in [7, 11) is 0. The quantitative estimate of drug-likeness (QED) is 0.617. The van der Waals surface area contributed by atoms with Crippen molar-refractivity contribution < 1.29 is 0 Å². The van der Waals surface area contributed by atoms with Crippen LogP contribution in [0.15, 0.2) is 17.6 Å². The highest BCUT2D eigenvalue weighted by atomic mass is 32.1. The van der Waals surface area contributed by atoms with Gasteiger partial charge in [0.15, 0.2) is 0 Å². The molecule has 0 aliphatic heterocycles. The third-order valence-corrected chi connectivity index (χ3v) is 2.82. The molecule has 0 spiro atoms. The predicted molar refractivity (Wildman–Crippen MR) is 60.4 cm³/mol. The van der Waals surface area contributed by atoms with Crippen LogP contribution in [0.2, 0.25) is 0 Å². The first-order valence-corrected chi connectivity index (χ1v) is 5.46. The van der Waals surface area contributed by atoms with Crippen molar-refractivity contribution >= 4 is 21.6 Å². The lowest BCUT2D eigenvalue weighted by molar-refractivity contribution is 1.34. The molecule has 1 heterocycles. The maximum Gasteiger partial charge on any atom is 0.0843 e. The van der Waals surface area contributed by atoms with Crippen LogP contribution in [0.4, 0.5) is 0 Å². The van der Waals surface area contributed by atoms with E-state index in [1.165, 1.54) is 15.8 Å². The largest absolute Gasteiger partial charge is 0.244 e. The molecule has 70 valence electrons. The number of thiazole rings is 1. The highest BCUT2D eigenvalue weighted by molar-refractivity contribution is 7.16. The van der Waals surface area contributed by atoms with E-state index < -0.39 is 0 Å². The van der Waals surface area contributed by atoms with Gasteiger partial charge in [0.25, 0.3) is 0 Å². The molecule has 0 atom stereocenters. The fourth-order valence-corrected chi connectivity index (χ4v) is 1.90. The van der Waals surface area contributed by atoms with Gasteiger partial charge in [0.05, 0.1) is 15.7 Å². The molecule has 0 fully saturated rings. The minimum absolute atomic E-state index is 1.16. The highest BCUT2D eigenvalue weighted by Gasteiger charge is 2.00. The lowest BCUT2D eigenvalue weighted by Gasteiger charge is -1.97. The van der Waals surface area contributed by atoms with Crippen molar-refractivity contribution in [3.63, 3.8) is 0 Å². The summed E-state index contributed by atoms with van der Waals surface area (Å²) >= 11 is 1.70. The molecule has 0 radical (unpaired) electrons.